The van der Waals surface area contributed by atoms with Crippen molar-refractivity contribution < 1.29 is 9.84 Å². The van der Waals surface area contributed by atoms with Crippen molar-refractivity contribution in [2.24, 2.45) is 0 Å². The first-order valence-electron chi connectivity index (χ1n) is 4.50. The largest absolute Gasteiger partial charge is 0.367 e. The van der Waals surface area contributed by atoms with Gasteiger partial charge in [0.05, 0.1) is 0 Å². The second-order valence-electron chi connectivity index (χ2n) is 3.96. The minimum atomic E-state index is -0.677. The van der Waals surface area contributed by atoms with Gasteiger partial charge < -0.3 is 15.2 Å². The quantitative estimate of drug-likeness (QED) is 0.615. The third-order valence-corrected chi connectivity index (χ3v) is 1.32. The second-order valence-corrected chi connectivity index (χ2v) is 3.96. The molecule has 3 nitrogen and oxygen atoms in total. The molecule has 0 rings (SSSR count). The van der Waals surface area contributed by atoms with Crippen molar-refractivity contribution in [3.05, 3.63) is 0 Å². The molecule has 0 aromatic heterocycles. The standard InChI is InChI=1S/C9H21NO2/c1-5-6-12-8(11)7-10-9(2,3)4/h8,10-11H,5-7H2,1-4H3. The van der Waals surface area contributed by atoms with Crippen LogP contribution in [0, 0.1) is 0 Å². The van der Waals surface area contributed by atoms with E-state index < -0.39 is 6.29 Å². The predicted octanol–water partition coefficient (Wildman–Crippen LogP) is 1.12. The number of hydrogen-bond acceptors (Lipinski definition) is 3. The van der Waals surface area contributed by atoms with Crippen LogP contribution in [0.1, 0.15) is 34.1 Å². The maximum Gasteiger partial charge on any atom is 0.167 e. The SMILES string of the molecule is CCCOC(O)CNC(C)(C)C. The molecule has 0 amide bonds. The van der Waals surface area contributed by atoms with Crippen LogP contribution in [-0.4, -0.2) is 30.1 Å². The highest BCUT2D eigenvalue weighted by Gasteiger charge is 2.11. The molecule has 0 aromatic carbocycles. The summed E-state index contributed by atoms with van der Waals surface area (Å²) in [6, 6.07) is 0. The van der Waals surface area contributed by atoms with Gasteiger partial charge in [0.2, 0.25) is 0 Å². The molecule has 2 N–H and O–H groups in total. The van der Waals surface area contributed by atoms with E-state index in [1.54, 1.807) is 0 Å². The van der Waals surface area contributed by atoms with Crippen molar-refractivity contribution in [1.82, 2.24) is 5.32 Å². The summed E-state index contributed by atoms with van der Waals surface area (Å²) >= 11 is 0. The first-order valence-corrected chi connectivity index (χ1v) is 4.50. The van der Waals surface area contributed by atoms with Crippen LogP contribution in [0.3, 0.4) is 0 Å². The molecule has 0 fully saturated rings. The van der Waals surface area contributed by atoms with Gasteiger partial charge in [-0.15, -0.1) is 0 Å². The van der Waals surface area contributed by atoms with E-state index in [1.165, 1.54) is 0 Å². The van der Waals surface area contributed by atoms with Crippen molar-refractivity contribution in [1.29, 1.82) is 0 Å². The van der Waals surface area contributed by atoms with Crippen LogP contribution in [0.5, 0.6) is 0 Å². The average molecular weight is 175 g/mol. The van der Waals surface area contributed by atoms with Crippen molar-refractivity contribution in [2.75, 3.05) is 13.2 Å². The molecule has 3 heteroatoms. The van der Waals surface area contributed by atoms with Gasteiger partial charge in [0, 0.05) is 18.7 Å². The number of rotatable bonds is 5. The molecule has 0 aliphatic rings. The summed E-state index contributed by atoms with van der Waals surface area (Å²) in [5.41, 5.74) is 0.0382. The van der Waals surface area contributed by atoms with E-state index in [1.807, 2.05) is 6.92 Å². The molecule has 0 saturated carbocycles. The maximum atomic E-state index is 9.26. The summed E-state index contributed by atoms with van der Waals surface area (Å²) in [5.74, 6) is 0. The normalized spacial score (nSPS) is 14.8. The summed E-state index contributed by atoms with van der Waals surface area (Å²) < 4.78 is 5.08. The first kappa shape index (κ1) is 11.9. The molecule has 0 radical (unpaired) electrons. The Bertz CT molecular complexity index is 110. The van der Waals surface area contributed by atoms with E-state index >= 15 is 0 Å². The van der Waals surface area contributed by atoms with Crippen LogP contribution in [0.15, 0.2) is 0 Å². The molecule has 1 unspecified atom stereocenters. The van der Waals surface area contributed by atoms with Crippen LogP contribution >= 0.6 is 0 Å². The third kappa shape index (κ3) is 7.98. The Balaban J connectivity index is 3.37. The fourth-order valence-corrected chi connectivity index (χ4v) is 0.706. The Hall–Kier alpha value is -0.120. The summed E-state index contributed by atoms with van der Waals surface area (Å²) in [6.45, 7) is 9.29. The zero-order valence-corrected chi connectivity index (χ0v) is 8.55. The Morgan fingerprint density at radius 3 is 2.42 bits per heavy atom. The third-order valence-electron chi connectivity index (χ3n) is 1.32. The van der Waals surface area contributed by atoms with E-state index in [0.717, 1.165) is 6.42 Å². The summed E-state index contributed by atoms with van der Waals surface area (Å²) in [5, 5.41) is 12.4. The highest BCUT2D eigenvalue weighted by molar-refractivity contribution is 4.70. The minimum Gasteiger partial charge on any atom is -0.367 e. The van der Waals surface area contributed by atoms with Gasteiger partial charge in [0.1, 0.15) is 0 Å². The van der Waals surface area contributed by atoms with Gasteiger partial charge in [-0.2, -0.15) is 0 Å². The summed E-state index contributed by atoms with van der Waals surface area (Å²) in [6.07, 6.45) is 0.260. The lowest BCUT2D eigenvalue weighted by molar-refractivity contribution is -0.0980. The van der Waals surface area contributed by atoms with E-state index in [0.29, 0.717) is 13.2 Å². The number of β-amino-alcohol motifs (C(OH)–C–C–N with tert-alkyl or cyclic N) is 1. The molecule has 0 saturated heterocycles. The Morgan fingerprint density at radius 2 is 2.00 bits per heavy atom. The maximum absolute atomic E-state index is 9.26. The van der Waals surface area contributed by atoms with Crippen molar-refractivity contribution in [2.45, 2.75) is 45.9 Å². The van der Waals surface area contributed by atoms with Crippen molar-refractivity contribution >= 4 is 0 Å². The molecule has 0 aliphatic heterocycles. The number of nitrogens with one attached hydrogen (secondary N) is 1. The van der Waals surface area contributed by atoms with Gasteiger partial charge in [-0.25, -0.2) is 0 Å². The monoisotopic (exact) mass is 175 g/mol. The highest BCUT2D eigenvalue weighted by atomic mass is 16.6. The highest BCUT2D eigenvalue weighted by Crippen LogP contribution is 1.98. The van der Waals surface area contributed by atoms with Crippen LogP contribution in [0.2, 0.25) is 0 Å². The molecule has 12 heavy (non-hydrogen) atoms. The molecule has 0 aliphatic carbocycles. The minimum absolute atomic E-state index is 0.0382. The van der Waals surface area contributed by atoms with Crippen LogP contribution in [0.4, 0.5) is 0 Å². The van der Waals surface area contributed by atoms with Gasteiger partial charge in [0.15, 0.2) is 6.29 Å². The molecule has 74 valence electrons. The Morgan fingerprint density at radius 1 is 1.42 bits per heavy atom. The number of aliphatic hydroxyl groups is 1. The van der Waals surface area contributed by atoms with Gasteiger partial charge in [-0.05, 0) is 27.2 Å². The Labute approximate surface area is 75.1 Å². The molecular formula is C9H21NO2. The van der Waals surface area contributed by atoms with Gasteiger partial charge >= 0.3 is 0 Å². The lowest BCUT2D eigenvalue weighted by atomic mass is 10.1. The molecule has 0 aromatic rings. The number of hydrogen-bond donors (Lipinski definition) is 2. The predicted molar refractivity (Wildman–Crippen MR) is 50.0 cm³/mol. The average Bonchev–Trinajstić information content (AvgIpc) is 1.95. The Kier molecular flexibility index (Phi) is 5.46. The van der Waals surface area contributed by atoms with Crippen molar-refractivity contribution in [3.63, 3.8) is 0 Å². The van der Waals surface area contributed by atoms with E-state index in [-0.39, 0.29) is 5.54 Å². The second kappa shape index (κ2) is 5.51. The number of aliphatic hydroxyl groups excluding tert-OH is 1. The zero-order chi connectivity index (χ0) is 9.61. The molecule has 1 atom stereocenters. The number of ether oxygens (including phenoxy) is 1. The topological polar surface area (TPSA) is 41.5 Å². The lowest BCUT2D eigenvalue weighted by Crippen LogP contribution is -2.41. The summed E-state index contributed by atoms with van der Waals surface area (Å²) in [7, 11) is 0. The van der Waals surface area contributed by atoms with E-state index in [4.69, 9.17) is 4.74 Å². The lowest BCUT2D eigenvalue weighted by Gasteiger charge is -2.22. The van der Waals surface area contributed by atoms with Gasteiger partial charge in [-0.1, -0.05) is 6.92 Å². The first-order chi connectivity index (χ1) is 5.45. The summed E-state index contributed by atoms with van der Waals surface area (Å²) in [4.78, 5) is 0. The smallest absolute Gasteiger partial charge is 0.167 e. The van der Waals surface area contributed by atoms with E-state index in [9.17, 15) is 5.11 Å². The molecule has 0 bridgehead atoms. The van der Waals surface area contributed by atoms with Crippen LogP contribution < -0.4 is 5.32 Å². The molecule has 0 spiro atoms. The fourth-order valence-electron chi connectivity index (χ4n) is 0.706. The van der Waals surface area contributed by atoms with Crippen molar-refractivity contribution in [3.8, 4) is 0 Å². The molecule has 0 heterocycles. The van der Waals surface area contributed by atoms with Gasteiger partial charge in [-0.3, -0.25) is 0 Å². The fraction of sp³-hybridized carbons (Fsp3) is 1.00. The molecular weight excluding hydrogens is 154 g/mol. The van der Waals surface area contributed by atoms with Crippen LogP contribution in [0.25, 0.3) is 0 Å². The van der Waals surface area contributed by atoms with Crippen LogP contribution in [-0.2, 0) is 4.74 Å². The van der Waals surface area contributed by atoms with Gasteiger partial charge in [0.25, 0.3) is 0 Å². The zero-order valence-electron chi connectivity index (χ0n) is 8.55. The van der Waals surface area contributed by atoms with E-state index in [2.05, 4.69) is 26.1 Å².